The molecule has 2 aromatic heterocycles. The van der Waals surface area contributed by atoms with E-state index in [-0.39, 0.29) is 0 Å². The summed E-state index contributed by atoms with van der Waals surface area (Å²) in [6.45, 7) is 0. The Morgan fingerprint density at radius 1 is 1.40 bits per heavy atom. The number of hydrogen-bond acceptors (Lipinski definition) is 4. The van der Waals surface area contributed by atoms with Gasteiger partial charge >= 0.3 is 0 Å². The van der Waals surface area contributed by atoms with Gasteiger partial charge in [-0.25, -0.2) is 0 Å². The molecule has 0 fully saturated rings. The van der Waals surface area contributed by atoms with Crippen LogP contribution in [0.5, 0.6) is 0 Å². The third kappa shape index (κ3) is 2.27. The van der Waals surface area contributed by atoms with Gasteiger partial charge in [-0.15, -0.1) is 11.6 Å². The summed E-state index contributed by atoms with van der Waals surface area (Å²) in [4.78, 5) is 8.03. The van der Waals surface area contributed by atoms with E-state index in [1.54, 1.807) is 12.3 Å². The maximum Gasteiger partial charge on any atom is 0.228 e. The number of aryl methyl sites for hydroxylation is 1. The van der Waals surface area contributed by atoms with Crippen molar-refractivity contribution in [1.29, 1.82) is 0 Å². The number of pyridine rings is 1. The van der Waals surface area contributed by atoms with Gasteiger partial charge in [-0.3, -0.25) is 4.98 Å². The molecular weight excluding hydrogens is 237 g/mol. The SMILES string of the molecule is ClCCc1nc(-c2ccncc2Cl)no1. The molecule has 0 aliphatic heterocycles. The summed E-state index contributed by atoms with van der Waals surface area (Å²) >= 11 is 11.5. The summed E-state index contributed by atoms with van der Waals surface area (Å²) in [5.41, 5.74) is 0.705. The number of halogens is 2. The Morgan fingerprint density at radius 3 is 3.00 bits per heavy atom. The lowest BCUT2D eigenvalue weighted by Crippen LogP contribution is -1.87. The summed E-state index contributed by atoms with van der Waals surface area (Å²) in [5, 5.41) is 4.30. The number of aromatic nitrogens is 3. The van der Waals surface area contributed by atoms with Crippen LogP contribution in [0.3, 0.4) is 0 Å². The molecule has 0 aliphatic carbocycles. The quantitative estimate of drug-likeness (QED) is 0.778. The van der Waals surface area contributed by atoms with Gasteiger partial charge in [-0.1, -0.05) is 16.8 Å². The predicted octanol–water partition coefficient (Wildman–Crippen LogP) is 2.57. The molecule has 0 radical (unpaired) electrons. The highest BCUT2D eigenvalue weighted by Gasteiger charge is 2.10. The number of hydrogen-bond donors (Lipinski definition) is 0. The second kappa shape index (κ2) is 4.59. The molecule has 0 amide bonds. The molecule has 78 valence electrons. The maximum absolute atomic E-state index is 5.93. The van der Waals surface area contributed by atoms with Crippen molar-refractivity contribution in [2.24, 2.45) is 0 Å². The van der Waals surface area contributed by atoms with Crippen molar-refractivity contribution in [3.63, 3.8) is 0 Å². The molecule has 6 heteroatoms. The molecule has 0 atom stereocenters. The topological polar surface area (TPSA) is 51.8 Å². The average molecular weight is 244 g/mol. The highest BCUT2D eigenvalue weighted by molar-refractivity contribution is 6.33. The van der Waals surface area contributed by atoms with Gasteiger partial charge in [0.25, 0.3) is 0 Å². The summed E-state index contributed by atoms with van der Waals surface area (Å²) in [6.07, 6.45) is 3.71. The van der Waals surface area contributed by atoms with Crippen LogP contribution < -0.4 is 0 Å². The van der Waals surface area contributed by atoms with Gasteiger partial charge in [0.15, 0.2) is 0 Å². The van der Waals surface area contributed by atoms with Crippen LogP contribution in [0.4, 0.5) is 0 Å². The highest BCUT2D eigenvalue weighted by atomic mass is 35.5. The second-order valence-corrected chi connectivity index (χ2v) is 3.59. The van der Waals surface area contributed by atoms with Gasteiger partial charge in [0.05, 0.1) is 5.02 Å². The standard InChI is InChI=1S/C9H7Cl2N3O/c10-3-1-8-13-9(14-15-8)6-2-4-12-5-7(6)11/h2,4-5H,1,3H2. The molecule has 15 heavy (non-hydrogen) atoms. The van der Waals surface area contributed by atoms with Crippen LogP contribution in [-0.2, 0) is 6.42 Å². The monoisotopic (exact) mass is 243 g/mol. The van der Waals surface area contributed by atoms with Crippen molar-refractivity contribution in [2.75, 3.05) is 5.88 Å². The zero-order valence-corrected chi connectivity index (χ0v) is 9.16. The molecule has 0 bridgehead atoms. The zero-order valence-electron chi connectivity index (χ0n) is 7.65. The fourth-order valence-corrected chi connectivity index (χ4v) is 1.47. The van der Waals surface area contributed by atoms with Crippen molar-refractivity contribution in [2.45, 2.75) is 6.42 Å². The lowest BCUT2D eigenvalue weighted by molar-refractivity contribution is 0.383. The van der Waals surface area contributed by atoms with Gasteiger partial charge in [-0.05, 0) is 6.07 Å². The van der Waals surface area contributed by atoms with Gasteiger partial charge < -0.3 is 4.52 Å². The highest BCUT2D eigenvalue weighted by Crippen LogP contribution is 2.23. The molecular formula is C9H7Cl2N3O. The lowest BCUT2D eigenvalue weighted by Gasteiger charge is -1.95. The number of rotatable bonds is 3. The van der Waals surface area contributed by atoms with Crippen LogP contribution in [0.2, 0.25) is 5.02 Å². The Labute approximate surface area is 96.2 Å². The Balaban J connectivity index is 2.33. The molecule has 0 unspecified atom stereocenters. The Morgan fingerprint density at radius 2 is 2.27 bits per heavy atom. The summed E-state index contributed by atoms with van der Waals surface area (Å²) in [5.74, 6) is 1.42. The fraction of sp³-hybridized carbons (Fsp3) is 0.222. The summed E-state index contributed by atoms with van der Waals surface area (Å²) in [7, 11) is 0. The minimum atomic E-state index is 0.450. The first-order valence-electron chi connectivity index (χ1n) is 4.29. The van der Waals surface area contributed by atoms with Crippen molar-refractivity contribution in [1.82, 2.24) is 15.1 Å². The molecule has 0 aliphatic rings. The normalized spacial score (nSPS) is 10.5. The third-order valence-electron chi connectivity index (χ3n) is 1.79. The van der Waals surface area contributed by atoms with Gasteiger partial charge in [0, 0.05) is 30.3 Å². The third-order valence-corrected chi connectivity index (χ3v) is 2.28. The Bertz CT molecular complexity index is 458. The molecule has 0 aromatic carbocycles. The summed E-state index contributed by atoms with van der Waals surface area (Å²) < 4.78 is 4.99. The Hall–Kier alpha value is -1.13. The molecule has 0 spiro atoms. The second-order valence-electron chi connectivity index (χ2n) is 2.81. The maximum atomic E-state index is 5.93. The van der Waals surface area contributed by atoms with Crippen LogP contribution in [0.1, 0.15) is 5.89 Å². The van der Waals surface area contributed by atoms with E-state index in [4.69, 9.17) is 27.7 Å². The summed E-state index contributed by atoms with van der Waals surface area (Å²) in [6, 6.07) is 1.73. The molecule has 0 saturated carbocycles. The van der Waals surface area contributed by atoms with E-state index in [9.17, 15) is 0 Å². The van der Waals surface area contributed by atoms with E-state index in [1.807, 2.05) is 0 Å². The van der Waals surface area contributed by atoms with Gasteiger partial charge in [0.2, 0.25) is 11.7 Å². The van der Waals surface area contributed by atoms with E-state index >= 15 is 0 Å². The average Bonchev–Trinajstić information content (AvgIpc) is 2.68. The largest absolute Gasteiger partial charge is 0.339 e. The van der Waals surface area contributed by atoms with Gasteiger partial charge in [0.1, 0.15) is 0 Å². The molecule has 4 nitrogen and oxygen atoms in total. The minimum absolute atomic E-state index is 0.450. The smallest absolute Gasteiger partial charge is 0.228 e. The van der Waals surface area contributed by atoms with Crippen LogP contribution in [0, 0.1) is 0 Å². The minimum Gasteiger partial charge on any atom is -0.339 e. The molecule has 0 saturated heterocycles. The van der Waals surface area contributed by atoms with E-state index < -0.39 is 0 Å². The fourth-order valence-electron chi connectivity index (χ4n) is 1.10. The van der Waals surface area contributed by atoms with E-state index in [1.165, 1.54) is 6.20 Å². The Kier molecular flexibility index (Phi) is 3.18. The van der Waals surface area contributed by atoms with Crippen molar-refractivity contribution in [3.05, 3.63) is 29.4 Å². The number of nitrogens with zero attached hydrogens (tertiary/aromatic N) is 3. The first kappa shape index (κ1) is 10.4. The first-order valence-corrected chi connectivity index (χ1v) is 5.21. The number of alkyl halides is 1. The van der Waals surface area contributed by atoms with Crippen molar-refractivity contribution in [3.8, 4) is 11.4 Å². The van der Waals surface area contributed by atoms with E-state index in [0.717, 1.165) is 0 Å². The van der Waals surface area contributed by atoms with E-state index in [2.05, 4.69) is 15.1 Å². The molecule has 2 aromatic rings. The van der Waals surface area contributed by atoms with Crippen molar-refractivity contribution >= 4 is 23.2 Å². The van der Waals surface area contributed by atoms with Crippen LogP contribution in [0.25, 0.3) is 11.4 Å². The van der Waals surface area contributed by atoms with Crippen LogP contribution in [-0.4, -0.2) is 21.0 Å². The van der Waals surface area contributed by atoms with Gasteiger partial charge in [-0.2, -0.15) is 4.98 Å². The molecule has 0 N–H and O–H groups in total. The van der Waals surface area contributed by atoms with E-state index in [0.29, 0.717) is 34.6 Å². The molecule has 2 rings (SSSR count). The zero-order chi connectivity index (χ0) is 10.7. The molecule has 2 heterocycles. The lowest BCUT2D eigenvalue weighted by atomic mass is 10.2. The van der Waals surface area contributed by atoms with Crippen molar-refractivity contribution < 1.29 is 4.52 Å². The first-order chi connectivity index (χ1) is 7.31. The van der Waals surface area contributed by atoms with Crippen LogP contribution in [0.15, 0.2) is 23.0 Å². The van der Waals surface area contributed by atoms with Crippen LogP contribution >= 0.6 is 23.2 Å². The predicted molar refractivity (Wildman–Crippen MR) is 57.0 cm³/mol.